The molecule has 1 aliphatic rings. The first-order valence-corrected chi connectivity index (χ1v) is 8.78. The minimum atomic E-state index is -0.123. The van der Waals surface area contributed by atoms with Gasteiger partial charge in [0, 0.05) is 18.0 Å². The first-order chi connectivity index (χ1) is 12.5. The van der Waals surface area contributed by atoms with Gasteiger partial charge in [0.25, 0.3) is 5.56 Å². The Kier molecular flexibility index (Phi) is 4.06. The quantitative estimate of drug-likeness (QED) is 0.750. The number of nitrogens with zero attached hydrogens (tertiary/aromatic N) is 3. The zero-order chi connectivity index (χ0) is 18.3. The lowest BCUT2D eigenvalue weighted by Gasteiger charge is -2.35. The molecule has 1 aromatic carbocycles. The molecule has 0 saturated heterocycles. The third-order valence-electron chi connectivity index (χ3n) is 4.95. The van der Waals surface area contributed by atoms with E-state index in [1.165, 1.54) is 0 Å². The van der Waals surface area contributed by atoms with Crippen LogP contribution >= 0.6 is 0 Å². The number of hydrogen-bond donors (Lipinski definition) is 2. The number of amides is 1. The van der Waals surface area contributed by atoms with Gasteiger partial charge in [-0.2, -0.15) is 0 Å². The summed E-state index contributed by atoms with van der Waals surface area (Å²) in [5, 5.41) is 3.07. The number of nitrogens with one attached hydrogen (secondary N) is 2. The van der Waals surface area contributed by atoms with Crippen LogP contribution < -0.4 is 10.9 Å². The number of benzene rings is 1. The van der Waals surface area contributed by atoms with Crippen molar-refractivity contribution in [3.8, 4) is 0 Å². The molecule has 2 N–H and O–H groups in total. The average molecular weight is 351 g/mol. The molecule has 0 spiro atoms. The normalized spacial score (nSPS) is 19.3. The van der Waals surface area contributed by atoms with Crippen molar-refractivity contribution in [3.05, 3.63) is 58.0 Å². The van der Waals surface area contributed by atoms with Crippen molar-refractivity contribution < 1.29 is 4.79 Å². The monoisotopic (exact) mass is 351 g/mol. The second-order valence-electron chi connectivity index (χ2n) is 6.92. The van der Waals surface area contributed by atoms with E-state index < -0.39 is 0 Å². The Morgan fingerprint density at radius 1 is 1.27 bits per heavy atom. The fourth-order valence-corrected chi connectivity index (χ4v) is 3.60. The second-order valence-corrected chi connectivity index (χ2v) is 6.92. The SMILES string of the molecule is Cc1nc(C2CC(NC(=O)Cn3c(C)nc4ccccc43)C2)cc(=O)[nH]1. The van der Waals surface area contributed by atoms with Crippen molar-refractivity contribution in [2.75, 3.05) is 0 Å². The van der Waals surface area contributed by atoms with Crippen molar-refractivity contribution in [1.29, 1.82) is 0 Å². The third kappa shape index (κ3) is 3.12. The van der Waals surface area contributed by atoms with Crippen molar-refractivity contribution in [3.63, 3.8) is 0 Å². The number of imidazole rings is 1. The highest BCUT2D eigenvalue weighted by Gasteiger charge is 2.32. The maximum Gasteiger partial charge on any atom is 0.251 e. The van der Waals surface area contributed by atoms with Gasteiger partial charge < -0.3 is 14.9 Å². The van der Waals surface area contributed by atoms with Gasteiger partial charge in [-0.3, -0.25) is 9.59 Å². The Hall–Kier alpha value is -2.96. The lowest BCUT2D eigenvalue weighted by atomic mass is 9.78. The number of para-hydroxylation sites is 2. The summed E-state index contributed by atoms with van der Waals surface area (Å²) in [5.41, 5.74) is 2.56. The van der Waals surface area contributed by atoms with E-state index in [0.717, 1.165) is 35.4 Å². The molecule has 2 aromatic heterocycles. The van der Waals surface area contributed by atoms with Crippen molar-refractivity contribution in [1.82, 2.24) is 24.8 Å². The highest BCUT2D eigenvalue weighted by Crippen LogP contribution is 2.35. The van der Waals surface area contributed by atoms with Gasteiger partial charge in [-0.25, -0.2) is 9.97 Å². The molecule has 7 nitrogen and oxygen atoms in total. The maximum atomic E-state index is 12.4. The third-order valence-corrected chi connectivity index (χ3v) is 4.95. The summed E-state index contributed by atoms with van der Waals surface area (Å²) in [5.74, 6) is 1.67. The molecule has 1 aliphatic carbocycles. The molecule has 0 bridgehead atoms. The Balaban J connectivity index is 1.38. The van der Waals surface area contributed by atoms with Gasteiger partial charge in [0.1, 0.15) is 18.2 Å². The van der Waals surface area contributed by atoms with Gasteiger partial charge in [-0.15, -0.1) is 0 Å². The van der Waals surface area contributed by atoms with Gasteiger partial charge in [0.05, 0.1) is 16.7 Å². The van der Waals surface area contributed by atoms with Crippen molar-refractivity contribution >= 4 is 16.9 Å². The molecule has 1 saturated carbocycles. The van der Waals surface area contributed by atoms with Crippen LogP contribution in [0.5, 0.6) is 0 Å². The summed E-state index contributed by atoms with van der Waals surface area (Å²) >= 11 is 0. The van der Waals surface area contributed by atoms with Crippen LogP contribution in [0.4, 0.5) is 0 Å². The smallest absolute Gasteiger partial charge is 0.251 e. The summed E-state index contributed by atoms with van der Waals surface area (Å²) in [6, 6.07) is 9.50. The molecule has 26 heavy (non-hydrogen) atoms. The minimum absolute atomic E-state index is 0.0187. The number of fused-ring (bicyclic) bond motifs is 1. The highest BCUT2D eigenvalue weighted by atomic mass is 16.2. The van der Waals surface area contributed by atoms with E-state index in [1.807, 2.05) is 35.8 Å². The van der Waals surface area contributed by atoms with Crippen molar-refractivity contribution in [2.24, 2.45) is 0 Å². The predicted octanol–water partition coefficient (Wildman–Crippen LogP) is 1.80. The highest BCUT2D eigenvalue weighted by molar-refractivity contribution is 5.81. The Morgan fingerprint density at radius 3 is 2.81 bits per heavy atom. The summed E-state index contributed by atoms with van der Waals surface area (Å²) in [6.45, 7) is 3.95. The number of aromatic amines is 1. The lowest BCUT2D eigenvalue weighted by Crippen LogP contribution is -2.45. The zero-order valence-corrected chi connectivity index (χ0v) is 14.8. The van der Waals surface area contributed by atoms with Crippen LogP contribution in [0.25, 0.3) is 11.0 Å². The van der Waals surface area contributed by atoms with E-state index in [9.17, 15) is 9.59 Å². The first kappa shape index (κ1) is 16.5. The lowest BCUT2D eigenvalue weighted by molar-refractivity contribution is -0.123. The molecule has 4 rings (SSSR count). The maximum absolute atomic E-state index is 12.4. The molecule has 1 fully saturated rings. The number of H-pyrrole nitrogens is 1. The van der Waals surface area contributed by atoms with E-state index in [1.54, 1.807) is 13.0 Å². The average Bonchev–Trinajstić information content (AvgIpc) is 2.85. The van der Waals surface area contributed by atoms with Gasteiger partial charge >= 0.3 is 0 Å². The number of aryl methyl sites for hydroxylation is 2. The zero-order valence-electron chi connectivity index (χ0n) is 14.8. The van der Waals surface area contributed by atoms with E-state index in [-0.39, 0.29) is 30.0 Å². The minimum Gasteiger partial charge on any atom is -0.352 e. The number of hydrogen-bond acceptors (Lipinski definition) is 4. The molecule has 0 aliphatic heterocycles. The van der Waals surface area contributed by atoms with Crippen LogP contribution in [0.1, 0.15) is 36.1 Å². The van der Waals surface area contributed by atoms with Crippen LogP contribution in [0, 0.1) is 13.8 Å². The predicted molar refractivity (Wildman–Crippen MR) is 98.0 cm³/mol. The van der Waals surface area contributed by atoms with E-state index in [4.69, 9.17) is 0 Å². The van der Waals surface area contributed by atoms with Crippen LogP contribution in [0.15, 0.2) is 35.1 Å². The number of aromatic nitrogens is 4. The number of rotatable bonds is 4. The van der Waals surface area contributed by atoms with Crippen LogP contribution in [-0.2, 0) is 11.3 Å². The topological polar surface area (TPSA) is 92.7 Å². The first-order valence-electron chi connectivity index (χ1n) is 8.78. The van der Waals surface area contributed by atoms with Gasteiger partial charge in [-0.1, -0.05) is 12.1 Å². The van der Waals surface area contributed by atoms with Crippen LogP contribution in [0.3, 0.4) is 0 Å². The molecule has 7 heteroatoms. The Morgan fingerprint density at radius 2 is 2.04 bits per heavy atom. The summed E-state index contributed by atoms with van der Waals surface area (Å²) in [7, 11) is 0. The Labute approximate surface area is 150 Å². The molecular formula is C19H21N5O2. The molecule has 134 valence electrons. The van der Waals surface area contributed by atoms with Gasteiger partial charge in [0.15, 0.2) is 0 Å². The fraction of sp³-hybridized carbons (Fsp3) is 0.368. The van der Waals surface area contributed by atoms with Crippen LogP contribution in [0.2, 0.25) is 0 Å². The molecular weight excluding hydrogens is 330 g/mol. The van der Waals surface area contributed by atoms with Crippen LogP contribution in [-0.4, -0.2) is 31.5 Å². The molecule has 1 amide bonds. The molecule has 0 atom stereocenters. The number of carbonyl (C=O) groups excluding carboxylic acids is 1. The van der Waals surface area contributed by atoms with Crippen molar-refractivity contribution in [2.45, 2.75) is 45.2 Å². The standard InChI is InChI=1S/C19H21N5O2/c1-11-20-16(9-18(25)21-11)13-7-14(8-13)23-19(26)10-24-12(2)22-15-5-3-4-6-17(15)24/h3-6,9,13-14H,7-8,10H2,1-2H3,(H,23,26)(H,20,21,25). The number of carbonyl (C=O) groups is 1. The van der Waals surface area contributed by atoms with E-state index in [2.05, 4.69) is 20.3 Å². The molecule has 2 heterocycles. The fourth-order valence-electron chi connectivity index (χ4n) is 3.60. The summed E-state index contributed by atoms with van der Waals surface area (Å²) in [6.07, 6.45) is 1.62. The van der Waals surface area contributed by atoms with E-state index >= 15 is 0 Å². The second kappa shape index (κ2) is 6.40. The molecule has 0 radical (unpaired) electrons. The molecule has 0 unspecified atom stereocenters. The van der Waals surface area contributed by atoms with Gasteiger partial charge in [-0.05, 0) is 38.8 Å². The Bertz CT molecular complexity index is 1030. The largest absolute Gasteiger partial charge is 0.352 e. The molecule has 3 aromatic rings. The summed E-state index contributed by atoms with van der Waals surface area (Å²) in [4.78, 5) is 35.5. The van der Waals surface area contributed by atoms with Gasteiger partial charge in [0.2, 0.25) is 5.91 Å². The summed E-state index contributed by atoms with van der Waals surface area (Å²) < 4.78 is 1.93. The van der Waals surface area contributed by atoms with E-state index in [0.29, 0.717) is 5.82 Å².